The molecule has 0 unspecified atom stereocenters. The molecule has 0 aromatic rings. The summed E-state index contributed by atoms with van der Waals surface area (Å²) in [6, 6.07) is 0. The first kappa shape index (κ1) is 16.5. The molecule has 0 atom stereocenters. The molecule has 2 nitrogen and oxygen atoms in total. The van der Waals surface area contributed by atoms with E-state index < -0.39 is 0 Å². The Labute approximate surface area is 108 Å². The fourth-order valence-electron chi connectivity index (χ4n) is 2.26. The summed E-state index contributed by atoms with van der Waals surface area (Å²) in [7, 11) is 0. The lowest BCUT2D eigenvalue weighted by atomic mass is 9.94. The van der Waals surface area contributed by atoms with Crippen molar-refractivity contribution in [2.75, 3.05) is 6.54 Å². The van der Waals surface area contributed by atoms with Gasteiger partial charge in [-0.1, -0.05) is 40.5 Å². The number of hydrogen-bond acceptors (Lipinski definition) is 1. The van der Waals surface area contributed by atoms with Gasteiger partial charge in [0.15, 0.2) is 0 Å². The highest BCUT2D eigenvalue weighted by Gasteiger charge is 2.29. The van der Waals surface area contributed by atoms with Gasteiger partial charge >= 0.3 is 0 Å². The largest absolute Gasteiger partial charge is 0.337 e. The number of rotatable bonds is 8. The number of unbranched alkanes of at least 4 members (excludes halogenated alkanes) is 1. The van der Waals surface area contributed by atoms with E-state index in [2.05, 4.69) is 46.4 Å². The zero-order valence-electron chi connectivity index (χ0n) is 12.7. The molecule has 0 saturated carbocycles. The van der Waals surface area contributed by atoms with E-state index in [0.29, 0.717) is 18.2 Å². The van der Waals surface area contributed by atoms with Crippen LogP contribution in [0, 0.1) is 5.92 Å². The van der Waals surface area contributed by atoms with Crippen LogP contribution in [0.15, 0.2) is 0 Å². The lowest BCUT2D eigenvalue weighted by Crippen LogP contribution is -2.49. The molecular formula is C15H31NO. The van der Waals surface area contributed by atoms with Crippen LogP contribution in [0.3, 0.4) is 0 Å². The summed E-state index contributed by atoms with van der Waals surface area (Å²) >= 11 is 0. The van der Waals surface area contributed by atoms with E-state index in [0.717, 1.165) is 32.2 Å². The highest BCUT2D eigenvalue weighted by Crippen LogP contribution is 2.23. The van der Waals surface area contributed by atoms with Crippen molar-refractivity contribution in [3.8, 4) is 0 Å². The van der Waals surface area contributed by atoms with Gasteiger partial charge in [0.25, 0.3) is 0 Å². The Bertz CT molecular complexity index is 221. The van der Waals surface area contributed by atoms with Crippen molar-refractivity contribution in [2.24, 2.45) is 5.92 Å². The van der Waals surface area contributed by atoms with Gasteiger partial charge in [0.2, 0.25) is 5.91 Å². The topological polar surface area (TPSA) is 20.3 Å². The van der Waals surface area contributed by atoms with Gasteiger partial charge in [-0.2, -0.15) is 0 Å². The normalized spacial score (nSPS) is 11.9. The van der Waals surface area contributed by atoms with E-state index in [1.807, 2.05) is 0 Å². The van der Waals surface area contributed by atoms with Crippen molar-refractivity contribution >= 4 is 5.91 Å². The number of carbonyl (C=O) groups is 1. The van der Waals surface area contributed by atoms with Crippen molar-refractivity contribution < 1.29 is 4.79 Å². The predicted molar refractivity (Wildman–Crippen MR) is 75.1 cm³/mol. The Morgan fingerprint density at radius 3 is 2.18 bits per heavy atom. The molecule has 0 fully saturated rings. The second-order valence-electron chi connectivity index (χ2n) is 6.06. The van der Waals surface area contributed by atoms with Crippen LogP contribution in [0.5, 0.6) is 0 Å². The van der Waals surface area contributed by atoms with E-state index in [4.69, 9.17) is 0 Å². The minimum absolute atomic E-state index is 0.00381. The average Bonchev–Trinajstić information content (AvgIpc) is 2.22. The minimum Gasteiger partial charge on any atom is -0.337 e. The maximum atomic E-state index is 12.3. The van der Waals surface area contributed by atoms with E-state index in [9.17, 15) is 4.79 Å². The fraction of sp³-hybridized carbons (Fsp3) is 0.933. The fourth-order valence-corrected chi connectivity index (χ4v) is 2.26. The third kappa shape index (κ3) is 6.09. The van der Waals surface area contributed by atoms with Gasteiger partial charge in [-0.3, -0.25) is 4.79 Å². The molecular weight excluding hydrogens is 210 g/mol. The number of hydrogen-bond donors (Lipinski definition) is 0. The molecule has 0 saturated heterocycles. The van der Waals surface area contributed by atoms with E-state index in [-0.39, 0.29) is 5.54 Å². The average molecular weight is 241 g/mol. The highest BCUT2D eigenvalue weighted by molar-refractivity contribution is 5.77. The SMILES string of the molecule is CCCCC(=O)N(CC(C)C)C(C)(C)CCC. The first-order valence-electron chi connectivity index (χ1n) is 7.15. The summed E-state index contributed by atoms with van der Waals surface area (Å²) in [4.78, 5) is 14.4. The standard InChI is InChI=1S/C15H31NO/c1-7-9-10-14(17)16(12-13(3)4)15(5,6)11-8-2/h13H,7-12H2,1-6H3. The Kier molecular flexibility index (Phi) is 7.49. The van der Waals surface area contributed by atoms with Crippen LogP contribution in [0.25, 0.3) is 0 Å². The van der Waals surface area contributed by atoms with Crippen molar-refractivity contribution in [3.05, 3.63) is 0 Å². The zero-order valence-corrected chi connectivity index (χ0v) is 12.7. The quantitative estimate of drug-likeness (QED) is 0.622. The number of amides is 1. The summed E-state index contributed by atoms with van der Waals surface area (Å²) in [6.07, 6.45) is 5.02. The van der Waals surface area contributed by atoms with Crippen molar-refractivity contribution in [3.63, 3.8) is 0 Å². The van der Waals surface area contributed by atoms with Gasteiger partial charge in [-0.25, -0.2) is 0 Å². The van der Waals surface area contributed by atoms with Crippen LogP contribution in [-0.2, 0) is 4.79 Å². The summed E-state index contributed by atoms with van der Waals surface area (Å²) < 4.78 is 0. The Morgan fingerprint density at radius 1 is 1.18 bits per heavy atom. The van der Waals surface area contributed by atoms with Crippen LogP contribution in [0.1, 0.15) is 73.6 Å². The van der Waals surface area contributed by atoms with Crippen molar-refractivity contribution in [1.82, 2.24) is 4.90 Å². The maximum Gasteiger partial charge on any atom is 0.223 e. The minimum atomic E-state index is 0.00381. The molecule has 0 aromatic heterocycles. The van der Waals surface area contributed by atoms with Crippen molar-refractivity contribution in [1.29, 1.82) is 0 Å². The van der Waals surface area contributed by atoms with Gasteiger partial charge in [0, 0.05) is 18.5 Å². The van der Waals surface area contributed by atoms with Gasteiger partial charge in [-0.05, 0) is 32.6 Å². The summed E-state index contributed by atoms with van der Waals surface area (Å²) in [5.74, 6) is 0.871. The van der Waals surface area contributed by atoms with Gasteiger partial charge < -0.3 is 4.90 Å². The lowest BCUT2D eigenvalue weighted by molar-refractivity contribution is -0.137. The van der Waals surface area contributed by atoms with Crippen molar-refractivity contribution in [2.45, 2.75) is 79.2 Å². The Hall–Kier alpha value is -0.530. The molecule has 17 heavy (non-hydrogen) atoms. The molecule has 2 heteroatoms. The number of nitrogens with zero attached hydrogens (tertiary/aromatic N) is 1. The Balaban J connectivity index is 4.67. The summed E-state index contributed by atoms with van der Waals surface area (Å²) in [6.45, 7) is 14.0. The molecule has 0 aliphatic carbocycles. The van der Waals surface area contributed by atoms with Gasteiger partial charge in [0.05, 0.1) is 0 Å². The molecule has 0 N–H and O–H groups in total. The third-order valence-corrected chi connectivity index (χ3v) is 3.19. The second-order valence-corrected chi connectivity index (χ2v) is 6.06. The van der Waals surface area contributed by atoms with E-state index >= 15 is 0 Å². The maximum absolute atomic E-state index is 12.3. The number of carbonyl (C=O) groups excluding carboxylic acids is 1. The molecule has 0 aliphatic heterocycles. The molecule has 102 valence electrons. The Morgan fingerprint density at radius 2 is 1.76 bits per heavy atom. The van der Waals surface area contributed by atoms with E-state index in [1.54, 1.807) is 0 Å². The first-order chi connectivity index (χ1) is 7.85. The summed E-state index contributed by atoms with van der Waals surface area (Å²) in [5.41, 5.74) is 0.00381. The van der Waals surface area contributed by atoms with Crippen LogP contribution >= 0.6 is 0 Å². The zero-order chi connectivity index (χ0) is 13.5. The smallest absolute Gasteiger partial charge is 0.223 e. The molecule has 0 aromatic carbocycles. The highest BCUT2D eigenvalue weighted by atomic mass is 16.2. The molecule has 0 rings (SSSR count). The van der Waals surface area contributed by atoms with Gasteiger partial charge in [-0.15, -0.1) is 0 Å². The first-order valence-corrected chi connectivity index (χ1v) is 7.15. The summed E-state index contributed by atoms with van der Waals surface area (Å²) in [5, 5.41) is 0. The molecule has 0 radical (unpaired) electrons. The molecule has 0 bridgehead atoms. The lowest BCUT2D eigenvalue weighted by Gasteiger charge is -2.40. The van der Waals surface area contributed by atoms with Crippen LogP contribution < -0.4 is 0 Å². The van der Waals surface area contributed by atoms with Crippen LogP contribution in [-0.4, -0.2) is 22.9 Å². The van der Waals surface area contributed by atoms with Gasteiger partial charge in [0.1, 0.15) is 0 Å². The van der Waals surface area contributed by atoms with Crippen LogP contribution in [0.2, 0.25) is 0 Å². The molecule has 0 aliphatic rings. The molecule has 0 spiro atoms. The molecule has 0 heterocycles. The van der Waals surface area contributed by atoms with E-state index in [1.165, 1.54) is 0 Å². The molecule has 1 amide bonds. The monoisotopic (exact) mass is 241 g/mol. The second kappa shape index (κ2) is 7.73. The van der Waals surface area contributed by atoms with Crippen LogP contribution in [0.4, 0.5) is 0 Å². The predicted octanol–water partition coefficient (Wildman–Crippen LogP) is 4.24. The third-order valence-electron chi connectivity index (χ3n) is 3.19.